The van der Waals surface area contributed by atoms with Gasteiger partial charge in [-0.15, -0.1) is 0 Å². The number of aromatic nitrogens is 2. The highest BCUT2D eigenvalue weighted by Crippen LogP contribution is 2.32. The topological polar surface area (TPSA) is 56.6 Å². The van der Waals surface area contributed by atoms with Gasteiger partial charge in [-0.1, -0.05) is 24.3 Å². The molecule has 6 nitrogen and oxygen atoms in total. The highest BCUT2D eigenvalue weighted by atomic mass is 16.5. The molecule has 0 bridgehead atoms. The van der Waals surface area contributed by atoms with E-state index in [1.807, 2.05) is 25.2 Å². The van der Waals surface area contributed by atoms with Crippen molar-refractivity contribution in [3.05, 3.63) is 54.1 Å². The molecule has 0 spiro atoms. The van der Waals surface area contributed by atoms with Crippen LogP contribution < -0.4 is 9.88 Å². The van der Waals surface area contributed by atoms with E-state index in [9.17, 15) is 5.26 Å². The van der Waals surface area contributed by atoms with Crippen molar-refractivity contribution in [3.63, 3.8) is 0 Å². The van der Waals surface area contributed by atoms with E-state index < -0.39 is 0 Å². The molecule has 0 amide bonds. The summed E-state index contributed by atoms with van der Waals surface area (Å²) in [6.07, 6.45) is 1.03. The molecule has 6 heteroatoms. The highest BCUT2D eigenvalue weighted by molar-refractivity contribution is 6.00. The molecule has 1 saturated heterocycles. The first-order valence-corrected chi connectivity index (χ1v) is 10.6. The Labute approximate surface area is 175 Å². The summed E-state index contributed by atoms with van der Waals surface area (Å²) in [5.41, 5.74) is 5.89. The van der Waals surface area contributed by atoms with Crippen LogP contribution >= 0.6 is 0 Å². The molecule has 0 unspecified atom stereocenters. The van der Waals surface area contributed by atoms with Gasteiger partial charge in [-0.2, -0.15) is 9.66 Å². The maximum Gasteiger partial charge on any atom is 0.307 e. The van der Waals surface area contributed by atoms with Gasteiger partial charge in [0.05, 0.1) is 25.9 Å². The number of nitriles is 1. The zero-order valence-electron chi connectivity index (χ0n) is 17.3. The van der Waals surface area contributed by atoms with E-state index in [1.165, 1.54) is 0 Å². The first kappa shape index (κ1) is 18.9. The molecule has 0 atom stereocenters. The molecule has 0 radical (unpaired) electrons. The first-order chi connectivity index (χ1) is 14.8. The number of fused-ring (bicyclic) bond motifs is 5. The largest absolute Gasteiger partial charge is 0.383 e. The molecule has 0 aliphatic carbocycles. The lowest BCUT2D eigenvalue weighted by Gasteiger charge is -2.26. The Bertz CT molecular complexity index is 1260. The number of benzene rings is 2. The summed E-state index contributed by atoms with van der Waals surface area (Å²) in [6, 6.07) is 19.1. The normalized spacial score (nSPS) is 15.1. The molecule has 1 aliphatic rings. The molecule has 2 aromatic carbocycles. The lowest BCUT2D eigenvalue weighted by molar-refractivity contribution is -0.618. The van der Waals surface area contributed by atoms with Crippen molar-refractivity contribution >= 4 is 33.3 Å². The lowest BCUT2D eigenvalue weighted by Crippen LogP contribution is -2.37. The van der Waals surface area contributed by atoms with Crippen LogP contribution in [0.25, 0.3) is 27.6 Å². The Morgan fingerprint density at radius 2 is 1.80 bits per heavy atom. The number of hydrogen-bond acceptors (Lipinski definition) is 4. The molecule has 1 N–H and O–H groups in total. The molecule has 1 fully saturated rings. The zero-order chi connectivity index (χ0) is 20.5. The number of para-hydroxylation sites is 3. The van der Waals surface area contributed by atoms with Crippen molar-refractivity contribution in [1.82, 2.24) is 9.30 Å². The van der Waals surface area contributed by atoms with Gasteiger partial charge in [-0.3, -0.25) is 4.90 Å². The average molecular weight is 401 g/mol. The number of imidazole rings is 1. The van der Waals surface area contributed by atoms with Crippen LogP contribution in [-0.4, -0.2) is 48.7 Å². The van der Waals surface area contributed by atoms with E-state index in [2.05, 4.69) is 55.6 Å². The Kier molecular flexibility index (Phi) is 4.99. The van der Waals surface area contributed by atoms with E-state index in [0.717, 1.165) is 79.1 Å². The third-order valence-electron chi connectivity index (χ3n) is 6.07. The zero-order valence-corrected chi connectivity index (χ0v) is 17.3. The number of pyridine rings is 1. The molecule has 3 heterocycles. The number of aryl methyl sites for hydroxylation is 1. The van der Waals surface area contributed by atoms with Crippen molar-refractivity contribution in [2.75, 3.05) is 44.7 Å². The van der Waals surface area contributed by atoms with Crippen molar-refractivity contribution < 1.29 is 9.30 Å². The quantitative estimate of drug-likeness (QED) is 0.413. The van der Waals surface area contributed by atoms with Gasteiger partial charge in [-0.25, -0.2) is 4.57 Å². The van der Waals surface area contributed by atoms with Crippen LogP contribution in [0.1, 0.15) is 12.0 Å². The summed E-state index contributed by atoms with van der Waals surface area (Å²) in [7, 11) is 2.04. The second-order valence-electron chi connectivity index (χ2n) is 7.82. The third kappa shape index (κ3) is 3.07. The van der Waals surface area contributed by atoms with Gasteiger partial charge in [-0.05, 0) is 37.2 Å². The van der Waals surface area contributed by atoms with Crippen LogP contribution in [0, 0.1) is 11.3 Å². The Balaban J connectivity index is 1.58. The SMILES string of the molecule is C[n+]1c2ccccc2n2c3ccccc3c(NCCCN3CCOCC3)c(C#N)c21. The Morgan fingerprint density at radius 3 is 2.60 bits per heavy atom. The summed E-state index contributed by atoms with van der Waals surface area (Å²) in [4.78, 5) is 2.44. The number of rotatable bonds is 5. The molecular formula is C24H26N5O+. The monoisotopic (exact) mass is 400 g/mol. The fraction of sp³-hybridized carbons (Fsp3) is 0.333. The average Bonchev–Trinajstić information content (AvgIpc) is 3.10. The number of morpholine rings is 1. The third-order valence-corrected chi connectivity index (χ3v) is 6.07. The molecule has 0 saturated carbocycles. The predicted octanol–water partition coefficient (Wildman–Crippen LogP) is 3.08. The fourth-order valence-corrected chi connectivity index (χ4v) is 4.60. The van der Waals surface area contributed by atoms with Crippen LogP contribution in [-0.2, 0) is 11.8 Å². The molecular weight excluding hydrogens is 374 g/mol. The minimum Gasteiger partial charge on any atom is -0.383 e. The molecule has 5 rings (SSSR count). The maximum absolute atomic E-state index is 10.1. The second-order valence-corrected chi connectivity index (χ2v) is 7.82. The fourth-order valence-electron chi connectivity index (χ4n) is 4.60. The van der Waals surface area contributed by atoms with Crippen LogP contribution in [0.3, 0.4) is 0 Å². The van der Waals surface area contributed by atoms with Gasteiger partial charge < -0.3 is 10.1 Å². The molecule has 1 aliphatic heterocycles. The molecule has 2 aromatic heterocycles. The number of nitrogens with one attached hydrogen (secondary N) is 1. The van der Waals surface area contributed by atoms with Gasteiger partial charge >= 0.3 is 5.65 Å². The smallest absolute Gasteiger partial charge is 0.307 e. The molecule has 30 heavy (non-hydrogen) atoms. The number of nitrogens with zero attached hydrogens (tertiary/aromatic N) is 4. The van der Waals surface area contributed by atoms with Gasteiger partial charge in [0.15, 0.2) is 16.6 Å². The van der Waals surface area contributed by atoms with E-state index in [1.54, 1.807) is 0 Å². The van der Waals surface area contributed by atoms with Gasteiger partial charge in [0, 0.05) is 25.0 Å². The Morgan fingerprint density at radius 1 is 1.07 bits per heavy atom. The number of ether oxygens (including phenoxy) is 1. The van der Waals surface area contributed by atoms with Crippen molar-refractivity contribution in [3.8, 4) is 6.07 Å². The van der Waals surface area contributed by atoms with E-state index in [-0.39, 0.29) is 0 Å². The Hall–Kier alpha value is -3.14. The summed E-state index contributed by atoms with van der Waals surface area (Å²) >= 11 is 0. The molecule has 152 valence electrons. The lowest BCUT2D eigenvalue weighted by atomic mass is 10.1. The van der Waals surface area contributed by atoms with E-state index in [0.29, 0.717) is 5.56 Å². The van der Waals surface area contributed by atoms with Gasteiger partial charge in [0.25, 0.3) is 0 Å². The summed E-state index contributed by atoms with van der Waals surface area (Å²) in [5.74, 6) is 0. The summed E-state index contributed by atoms with van der Waals surface area (Å²) in [6.45, 7) is 5.53. The van der Waals surface area contributed by atoms with Crippen LogP contribution in [0.4, 0.5) is 5.69 Å². The number of hydrogen-bond donors (Lipinski definition) is 1. The van der Waals surface area contributed by atoms with Crippen molar-refractivity contribution in [2.45, 2.75) is 6.42 Å². The van der Waals surface area contributed by atoms with Gasteiger partial charge in [0.2, 0.25) is 0 Å². The van der Waals surface area contributed by atoms with Crippen molar-refractivity contribution in [1.29, 1.82) is 5.26 Å². The summed E-state index contributed by atoms with van der Waals surface area (Å²) in [5, 5.41) is 14.8. The number of anilines is 1. The van der Waals surface area contributed by atoms with Crippen LogP contribution in [0.15, 0.2) is 48.5 Å². The van der Waals surface area contributed by atoms with Crippen LogP contribution in [0.5, 0.6) is 0 Å². The maximum atomic E-state index is 10.1. The van der Waals surface area contributed by atoms with E-state index >= 15 is 0 Å². The standard InChI is InChI=1S/C24H25N5O/c1-27-21-9-4-5-10-22(21)29-20-8-3-2-7-18(20)23(19(17-25)24(27)29)26-11-6-12-28-13-15-30-16-14-28/h2-5,7-10H,6,11-16H2,1H3/p+1. The first-order valence-electron chi connectivity index (χ1n) is 10.6. The van der Waals surface area contributed by atoms with Crippen molar-refractivity contribution in [2.24, 2.45) is 7.05 Å². The highest BCUT2D eigenvalue weighted by Gasteiger charge is 2.26. The van der Waals surface area contributed by atoms with E-state index in [4.69, 9.17) is 4.74 Å². The summed E-state index contributed by atoms with van der Waals surface area (Å²) < 4.78 is 9.77. The molecule has 4 aromatic rings. The minimum atomic E-state index is 0.693. The van der Waals surface area contributed by atoms with Crippen LogP contribution in [0.2, 0.25) is 0 Å². The second kappa shape index (κ2) is 7.94. The van der Waals surface area contributed by atoms with Gasteiger partial charge in [0.1, 0.15) is 11.6 Å². The predicted molar refractivity (Wildman–Crippen MR) is 119 cm³/mol. The minimum absolute atomic E-state index is 0.693.